The van der Waals surface area contributed by atoms with Gasteiger partial charge in [0.1, 0.15) is 18.3 Å². The normalized spacial score (nSPS) is 25.3. The van der Waals surface area contributed by atoms with Gasteiger partial charge in [-0.3, -0.25) is 4.79 Å². The van der Waals surface area contributed by atoms with Crippen LogP contribution in [-0.2, 0) is 14.3 Å². The first-order valence-electron chi connectivity index (χ1n) is 11.6. The van der Waals surface area contributed by atoms with Crippen LogP contribution in [0.25, 0.3) is 0 Å². The highest BCUT2D eigenvalue weighted by Gasteiger charge is 2.48. The first-order valence-corrected chi connectivity index (χ1v) is 11.6. The van der Waals surface area contributed by atoms with Crippen LogP contribution in [-0.4, -0.2) is 65.1 Å². The minimum atomic E-state index is -1.54. The second kappa shape index (κ2) is 16.0. The van der Waals surface area contributed by atoms with Crippen LogP contribution in [0.15, 0.2) is 0 Å². The number of hydrogen-bond acceptors (Lipinski definition) is 6. The fraction of sp³-hybridized carbons (Fsp3) is 0.955. The number of unbranched alkanes of at least 4 members (excludes halogenated alkanes) is 10. The zero-order valence-corrected chi connectivity index (χ0v) is 18.4. The van der Waals surface area contributed by atoms with Gasteiger partial charge in [0.25, 0.3) is 5.91 Å². The molecular formula is C22H43NO6. The number of carbonyl (C=O) groups excluding carboxylic acids is 1. The summed E-state index contributed by atoms with van der Waals surface area (Å²) in [5.74, 6) is -0.591. The Morgan fingerprint density at radius 3 is 2.03 bits per heavy atom. The van der Waals surface area contributed by atoms with Crippen molar-refractivity contribution in [2.24, 2.45) is 0 Å². The van der Waals surface area contributed by atoms with Crippen molar-refractivity contribution in [3.63, 3.8) is 0 Å². The molecule has 7 heteroatoms. The third-order valence-electron chi connectivity index (χ3n) is 5.45. The predicted octanol–water partition coefficient (Wildman–Crippen LogP) is 2.65. The highest BCUT2D eigenvalue weighted by atomic mass is 16.7. The summed E-state index contributed by atoms with van der Waals surface area (Å²) in [6, 6.07) is 0. The molecule has 0 saturated carbocycles. The molecular weight excluding hydrogens is 374 g/mol. The molecule has 0 aromatic rings. The van der Waals surface area contributed by atoms with Gasteiger partial charge in [-0.1, -0.05) is 78.1 Å². The largest absolute Gasteiger partial charge is 0.387 e. The lowest BCUT2D eigenvalue weighted by Gasteiger charge is -2.20. The summed E-state index contributed by atoms with van der Waals surface area (Å²) in [5.41, 5.74) is 0. The summed E-state index contributed by atoms with van der Waals surface area (Å²) < 4.78 is 10.8. The van der Waals surface area contributed by atoms with Crippen molar-refractivity contribution in [3.05, 3.63) is 0 Å². The number of hydrogen-bond donors (Lipinski definition) is 4. The highest BCUT2D eigenvalue weighted by molar-refractivity contribution is 5.81. The second-order valence-electron chi connectivity index (χ2n) is 8.09. The average Bonchev–Trinajstić information content (AvgIpc) is 3.00. The predicted molar refractivity (Wildman–Crippen MR) is 112 cm³/mol. The van der Waals surface area contributed by atoms with Gasteiger partial charge in [0.05, 0.1) is 0 Å². The lowest BCUT2D eigenvalue weighted by Crippen LogP contribution is -2.47. The summed E-state index contributed by atoms with van der Waals surface area (Å²) in [6.07, 6.45) is 7.47. The number of rotatable bonds is 17. The summed E-state index contributed by atoms with van der Waals surface area (Å²) in [5, 5.41) is 32.9. The van der Waals surface area contributed by atoms with Gasteiger partial charge < -0.3 is 30.1 Å². The number of ether oxygens (including phenoxy) is 2. The van der Waals surface area contributed by atoms with Crippen molar-refractivity contribution in [3.8, 4) is 0 Å². The van der Waals surface area contributed by atoms with Crippen molar-refractivity contribution in [2.75, 3.05) is 13.2 Å². The number of carbonyl (C=O) groups is 1. The van der Waals surface area contributed by atoms with E-state index in [9.17, 15) is 20.1 Å². The minimum absolute atomic E-state index is 0.388. The van der Waals surface area contributed by atoms with E-state index in [0.29, 0.717) is 13.2 Å². The highest BCUT2D eigenvalue weighted by Crippen LogP contribution is 2.25. The van der Waals surface area contributed by atoms with Gasteiger partial charge in [0.15, 0.2) is 12.4 Å². The van der Waals surface area contributed by atoms with Crippen LogP contribution in [0.1, 0.15) is 90.9 Å². The topological polar surface area (TPSA) is 108 Å². The molecule has 1 aliphatic rings. The molecule has 1 heterocycles. The molecule has 1 amide bonds. The molecule has 0 radical (unpaired) electrons. The Kier molecular flexibility index (Phi) is 14.5. The number of aliphatic hydroxyl groups excluding tert-OH is 3. The zero-order chi connectivity index (χ0) is 21.5. The summed E-state index contributed by atoms with van der Waals surface area (Å²) in [4.78, 5) is 12.1. The van der Waals surface area contributed by atoms with Crippen molar-refractivity contribution in [2.45, 2.75) is 122 Å². The van der Waals surface area contributed by atoms with Crippen LogP contribution in [0, 0.1) is 0 Å². The molecule has 0 bridgehead atoms. The van der Waals surface area contributed by atoms with E-state index in [1.54, 1.807) is 0 Å². The van der Waals surface area contributed by atoms with Gasteiger partial charge in [-0.05, 0) is 12.8 Å². The van der Waals surface area contributed by atoms with Crippen molar-refractivity contribution >= 4 is 5.91 Å². The van der Waals surface area contributed by atoms with E-state index >= 15 is 0 Å². The molecule has 1 aliphatic heterocycles. The molecule has 7 nitrogen and oxygen atoms in total. The number of aliphatic hydroxyl groups is 3. The Labute approximate surface area is 176 Å². The van der Waals surface area contributed by atoms with Crippen LogP contribution in [0.4, 0.5) is 0 Å². The third-order valence-corrected chi connectivity index (χ3v) is 5.45. The fourth-order valence-electron chi connectivity index (χ4n) is 3.49. The molecule has 1 saturated heterocycles. The number of amides is 1. The van der Waals surface area contributed by atoms with Crippen LogP contribution in [0.2, 0.25) is 0 Å². The van der Waals surface area contributed by atoms with E-state index < -0.39 is 36.6 Å². The molecule has 29 heavy (non-hydrogen) atoms. The van der Waals surface area contributed by atoms with E-state index in [1.807, 2.05) is 6.92 Å². The van der Waals surface area contributed by atoms with E-state index in [2.05, 4.69) is 12.2 Å². The Morgan fingerprint density at radius 2 is 1.45 bits per heavy atom. The number of nitrogens with one attached hydrogen (secondary N) is 1. The molecule has 0 aromatic heterocycles. The smallest absolute Gasteiger partial charge is 0.251 e. The molecule has 0 aromatic carbocycles. The third kappa shape index (κ3) is 10.2. The molecule has 1 rings (SSSR count). The SMILES string of the molecule is CCCCCCCCCCCCNC(=O)C(O)[C@H]1O[C@H](OCCCC)[C@H](O)C1O. The van der Waals surface area contributed by atoms with E-state index in [4.69, 9.17) is 9.47 Å². The molecule has 2 unspecified atom stereocenters. The van der Waals surface area contributed by atoms with Crippen molar-refractivity contribution in [1.82, 2.24) is 5.32 Å². The van der Waals surface area contributed by atoms with Crippen molar-refractivity contribution in [1.29, 1.82) is 0 Å². The molecule has 1 fully saturated rings. The van der Waals surface area contributed by atoms with Gasteiger partial charge in [0.2, 0.25) is 0 Å². The Hall–Kier alpha value is -0.730. The molecule has 5 atom stereocenters. The molecule has 0 aliphatic carbocycles. The first-order chi connectivity index (χ1) is 14.0. The van der Waals surface area contributed by atoms with Crippen molar-refractivity contribution < 1.29 is 29.6 Å². The Balaban J connectivity index is 2.13. The van der Waals surface area contributed by atoms with Crippen LogP contribution in [0.3, 0.4) is 0 Å². The van der Waals surface area contributed by atoms with Crippen LogP contribution in [0.5, 0.6) is 0 Å². The Bertz CT molecular complexity index is 422. The lowest BCUT2D eigenvalue weighted by molar-refractivity contribution is -0.181. The van der Waals surface area contributed by atoms with Gasteiger partial charge in [-0.2, -0.15) is 0 Å². The fourth-order valence-corrected chi connectivity index (χ4v) is 3.49. The minimum Gasteiger partial charge on any atom is -0.387 e. The Morgan fingerprint density at radius 1 is 0.897 bits per heavy atom. The quantitative estimate of drug-likeness (QED) is 0.271. The summed E-state index contributed by atoms with van der Waals surface area (Å²) in [6.45, 7) is 5.10. The monoisotopic (exact) mass is 417 g/mol. The summed E-state index contributed by atoms with van der Waals surface area (Å²) in [7, 11) is 0. The molecule has 172 valence electrons. The van der Waals surface area contributed by atoms with Gasteiger partial charge >= 0.3 is 0 Å². The van der Waals surface area contributed by atoms with Crippen LogP contribution >= 0.6 is 0 Å². The lowest BCUT2D eigenvalue weighted by atomic mass is 10.0. The second-order valence-corrected chi connectivity index (χ2v) is 8.09. The van der Waals surface area contributed by atoms with Gasteiger partial charge in [-0.25, -0.2) is 0 Å². The summed E-state index contributed by atoms with van der Waals surface area (Å²) >= 11 is 0. The average molecular weight is 418 g/mol. The van der Waals surface area contributed by atoms with Crippen LogP contribution < -0.4 is 5.32 Å². The molecule has 4 N–H and O–H groups in total. The standard InChI is InChI=1S/C22H43NO6/c1-3-5-7-8-9-10-11-12-13-14-15-23-21(27)19(26)20-17(24)18(25)22(29-20)28-16-6-4-2/h17-20,22,24-26H,3-16H2,1-2H3,(H,23,27)/t17?,18-,19?,20+,22+/m1/s1. The van der Waals surface area contributed by atoms with E-state index in [-0.39, 0.29) is 0 Å². The van der Waals surface area contributed by atoms with Gasteiger partial charge in [-0.15, -0.1) is 0 Å². The van der Waals surface area contributed by atoms with E-state index in [1.165, 1.54) is 44.9 Å². The molecule has 0 spiro atoms. The first kappa shape index (κ1) is 26.3. The van der Waals surface area contributed by atoms with Gasteiger partial charge in [0, 0.05) is 13.2 Å². The zero-order valence-electron chi connectivity index (χ0n) is 18.4. The maximum Gasteiger partial charge on any atom is 0.251 e. The maximum atomic E-state index is 12.1. The van der Waals surface area contributed by atoms with E-state index in [0.717, 1.165) is 32.1 Å². The maximum absolute atomic E-state index is 12.1.